The lowest BCUT2D eigenvalue weighted by atomic mass is 9.69. The van der Waals surface area contributed by atoms with E-state index in [1.54, 1.807) is 0 Å². The highest BCUT2D eigenvalue weighted by Crippen LogP contribution is 2.55. The van der Waals surface area contributed by atoms with Crippen molar-refractivity contribution in [1.29, 1.82) is 0 Å². The molecule has 0 bridgehead atoms. The average Bonchev–Trinajstić information content (AvgIpc) is 3.65. The van der Waals surface area contributed by atoms with Crippen molar-refractivity contribution in [3.63, 3.8) is 0 Å². The van der Waals surface area contributed by atoms with Gasteiger partial charge in [0.15, 0.2) is 0 Å². The number of rotatable bonds is 2. The van der Waals surface area contributed by atoms with E-state index >= 15 is 0 Å². The molecule has 1 aliphatic heterocycles. The van der Waals surface area contributed by atoms with Gasteiger partial charge in [0, 0.05) is 29.1 Å². The summed E-state index contributed by atoms with van der Waals surface area (Å²) in [4.78, 5) is 0. The van der Waals surface area contributed by atoms with Gasteiger partial charge in [0.2, 0.25) is 0 Å². The molecule has 1 nitrogen and oxygen atoms in total. The topological polar surface area (TPSA) is 4.93 Å². The zero-order valence-electron chi connectivity index (χ0n) is 25.9. The normalized spacial score (nSPS) is 14.7. The van der Waals surface area contributed by atoms with Crippen molar-refractivity contribution in [1.82, 2.24) is 4.57 Å². The number of aromatic nitrogens is 1. The Balaban J connectivity index is 1.26. The number of hydrogen-bond acceptors (Lipinski definition) is 0. The van der Waals surface area contributed by atoms with Crippen molar-refractivity contribution in [2.24, 2.45) is 0 Å². The number of hydrogen-bond donors (Lipinski definition) is 0. The van der Waals surface area contributed by atoms with Gasteiger partial charge in [0.1, 0.15) is 0 Å². The SMILES string of the molecule is CC1(C)C2=c3ccccc3=CC2=Cc2c(-c3ccccc3)c3ccn(-c4ccc5c6ccccc6c6ccccc6c5c4)cc-3c21. The summed E-state index contributed by atoms with van der Waals surface area (Å²) >= 11 is 0. The molecule has 3 aliphatic carbocycles. The molecule has 216 valence electrons. The maximum atomic E-state index is 2.45. The average molecular weight is 586 g/mol. The summed E-state index contributed by atoms with van der Waals surface area (Å²) in [6.45, 7) is 4.84. The molecule has 0 N–H and O–H groups in total. The van der Waals surface area contributed by atoms with Gasteiger partial charge >= 0.3 is 0 Å². The smallest absolute Gasteiger partial charge is 0.0456 e. The molecule has 6 aromatic carbocycles. The Labute approximate surface area is 268 Å². The van der Waals surface area contributed by atoms with Gasteiger partial charge in [-0.15, -0.1) is 0 Å². The molecule has 0 atom stereocenters. The van der Waals surface area contributed by atoms with E-state index in [1.165, 1.54) is 93.0 Å². The third kappa shape index (κ3) is 3.40. The highest BCUT2D eigenvalue weighted by Gasteiger charge is 2.40. The van der Waals surface area contributed by atoms with Crippen molar-refractivity contribution in [3.8, 4) is 27.9 Å². The minimum atomic E-state index is -0.175. The number of pyridine rings is 1. The van der Waals surface area contributed by atoms with Gasteiger partial charge in [-0.25, -0.2) is 0 Å². The summed E-state index contributed by atoms with van der Waals surface area (Å²) in [6, 6.07) is 46.7. The molecule has 0 amide bonds. The summed E-state index contributed by atoms with van der Waals surface area (Å²) in [5.74, 6) is 0. The van der Waals surface area contributed by atoms with Crippen molar-refractivity contribution >= 4 is 50.0 Å². The first-order chi connectivity index (χ1) is 22.6. The molecule has 1 heterocycles. The number of nitrogens with zero attached hydrogens (tertiary/aromatic N) is 1. The Bertz CT molecular complexity index is 2660. The van der Waals surface area contributed by atoms with Crippen LogP contribution in [0.15, 0.2) is 145 Å². The van der Waals surface area contributed by atoms with Crippen molar-refractivity contribution in [2.45, 2.75) is 19.3 Å². The minimum absolute atomic E-state index is 0.175. The maximum absolute atomic E-state index is 2.45. The van der Waals surface area contributed by atoms with Gasteiger partial charge in [-0.1, -0.05) is 123 Å². The van der Waals surface area contributed by atoms with E-state index in [1.807, 2.05) is 0 Å². The summed E-state index contributed by atoms with van der Waals surface area (Å²) in [6.07, 6.45) is 9.47. The van der Waals surface area contributed by atoms with E-state index in [0.717, 1.165) is 0 Å². The molecule has 0 fully saturated rings. The van der Waals surface area contributed by atoms with Crippen LogP contribution in [-0.4, -0.2) is 4.57 Å². The van der Waals surface area contributed by atoms with Crippen LogP contribution in [0.5, 0.6) is 0 Å². The lowest BCUT2D eigenvalue weighted by molar-refractivity contribution is 0.689. The fourth-order valence-corrected chi connectivity index (χ4v) is 8.62. The highest BCUT2D eigenvalue weighted by molar-refractivity contribution is 6.25. The molecule has 0 aromatic heterocycles. The molecule has 0 unspecified atom stereocenters. The number of fused-ring (bicyclic) bond motifs is 11. The van der Waals surface area contributed by atoms with Gasteiger partial charge < -0.3 is 4.57 Å². The second-order valence-corrected chi connectivity index (χ2v) is 13.4. The van der Waals surface area contributed by atoms with E-state index in [-0.39, 0.29) is 5.41 Å². The van der Waals surface area contributed by atoms with Crippen LogP contribution in [0.3, 0.4) is 0 Å². The van der Waals surface area contributed by atoms with Crippen LogP contribution in [0.4, 0.5) is 0 Å². The fraction of sp³-hybridized carbons (Fsp3) is 0.0667. The van der Waals surface area contributed by atoms with Gasteiger partial charge in [-0.2, -0.15) is 0 Å². The van der Waals surface area contributed by atoms with E-state index in [2.05, 4.69) is 170 Å². The lowest BCUT2D eigenvalue weighted by Gasteiger charge is -2.34. The Morgan fingerprint density at radius 1 is 0.543 bits per heavy atom. The first-order valence-corrected chi connectivity index (χ1v) is 16.2. The summed E-state index contributed by atoms with van der Waals surface area (Å²) in [7, 11) is 0. The lowest BCUT2D eigenvalue weighted by Crippen LogP contribution is -2.31. The minimum Gasteiger partial charge on any atom is -0.323 e. The molecule has 1 heteroatoms. The Morgan fingerprint density at radius 2 is 1.17 bits per heavy atom. The first kappa shape index (κ1) is 25.6. The van der Waals surface area contributed by atoms with E-state index < -0.39 is 0 Å². The van der Waals surface area contributed by atoms with Crippen LogP contribution in [0.25, 0.3) is 78.0 Å². The molecule has 0 spiro atoms. The zero-order valence-corrected chi connectivity index (χ0v) is 25.9. The van der Waals surface area contributed by atoms with E-state index in [9.17, 15) is 0 Å². The van der Waals surface area contributed by atoms with Crippen molar-refractivity contribution in [3.05, 3.63) is 167 Å². The monoisotopic (exact) mass is 585 g/mol. The third-order valence-corrected chi connectivity index (χ3v) is 10.5. The third-order valence-electron chi connectivity index (χ3n) is 10.5. The summed E-state index contributed by atoms with van der Waals surface area (Å²) < 4.78 is 2.33. The van der Waals surface area contributed by atoms with Crippen LogP contribution >= 0.6 is 0 Å². The van der Waals surface area contributed by atoms with Gasteiger partial charge in [0.25, 0.3) is 0 Å². The van der Waals surface area contributed by atoms with Gasteiger partial charge in [-0.3, -0.25) is 0 Å². The standard InChI is InChI=1S/C45H31N/c1-45(2)43-30(24-29-14-6-7-15-32(29)43)25-40-42(28-12-4-3-5-13-28)38-22-23-46(27-41(38)44(40)45)31-20-21-37-35-18-9-8-16-33(35)34-17-10-11-19-36(34)39(37)26-31/h3-27H,1-2H3. The molecule has 4 aliphatic rings. The van der Waals surface area contributed by atoms with Crippen LogP contribution in [0.2, 0.25) is 0 Å². The Morgan fingerprint density at radius 3 is 1.91 bits per heavy atom. The fourth-order valence-electron chi connectivity index (χ4n) is 8.62. The van der Waals surface area contributed by atoms with Crippen LogP contribution in [0.1, 0.15) is 25.0 Å². The van der Waals surface area contributed by atoms with Crippen molar-refractivity contribution < 1.29 is 0 Å². The second kappa shape index (κ2) is 9.19. The molecular weight excluding hydrogens is 555 g/mol. The molecule has 6 aromatic rings. The molecular formula is C45H31N. The van der Waals surface area contributed by atoms with Crippen LogP contribution in [0, 0.1) is 0 Å². The Kier molecular flexibility index (Phi) is 5.12. The zero-order chi connectivity index (χ0) is 30.6. The number of allylic oxidation sites excluding steroid dienone is 1. The molecule has 0 radical (unpaired) electrons. The Hall–Kier alpha value is -5.66. The van der Waals surface area contributed by atoms with Crippen LogP contribution in [-0.2, 0) is 5.41 Å². The van der Waals surface area contributed by atoms with Crippen LogP contribution < -0.4 is 10.4 Å². The van der Waals surface area contributed by atoms with Gasteiger partial charge in [0.05, 0.1) is 0 Å². The van der Waals surface area contributed by atoms with E-state index in [0.29, 0.717) is 0 Å². The van der Waals surface area contributed by atoms with E-state index in [4.69, 9.17) is 0 Å². The first-order valence-electron chi connectivity index (χ1n) is 16.2. The largest absolute Gasteiger partial charge is 0.323 e. The maximum Gasteiger partial charge on any atom is 0.0456 e. The van der Waals surface area contributed by atoms with Crippen molar-refractivity contribution in [2.75, 3.05) is 0 Å². The second-order valence-electron chi connectivity index (χ2n) is 13.4. The molecule has 10 rings (SSSR count). The molecule has 46 heavy (non-hydrogen) atoms. The quantitative estimate of drug-likeness (QED) is 0.178. The molecule has 0 saturated carbocycles. The molecule has 0 saturated heterocycles. The summed E-state index contributed by atoms with van der Waals surface area (Å²) in [5, 5.41) is 10.5. The number of benzene rings is 6. The predicted octanol–water partition coefficient (Wildman–Crippen LogP) is 10.0. The predicted molar refractivity (Wildman–Crippen MR) is 195 cm³/mol. The highest BCUT2D eigenvalue weighted by atomic mass is 14.9. The summed E-state index contributed by atoms with van der Waals surface area (Å²) in [5.41, 5.74) is 11.8. The van der Waals surface area contributed by atoms with Gasteiger partial charge in [-0.05, 0) is 112 Å².